The number of thioether (sulfide) groups is 1. The number of hydrogen-bond donors (Lipinski definition) is 2. The smallest absolute Gasteiger partial charge is 0.253 e. The van der Waals surface area contributed by atoms with Gasteiger partial charge in [0.2, 0.25) is 5.91 Å². The van der Waals surface area contributed by atoms with Crippen molar-refractivity contribution in [3.05, 3.63) is 52.7 Å². The molecule has 1 aromatic heterocycles. The zero-order chi connectivity index (χ0) is 20.8. The summed E-state index contributed by atoms with van der Waals surface area (Å²) in [4.78, 5) is 29.5. The predicted octanol–water partition coefficient (Wildman–Crippen LogP) is 3.70. The van der Waals surface area contributed by atoms with Crippen molar-refractivity contribution in [1.82, 2.24) is 10.3 Å². The van der Waals surface area contributed by atoms with E-state index >= 15 is 0 Å². The molecule has 0 aliphatic heterocycles. The average Bonchev–Trinajstić information content (AvgIpc) is 2.71. The fourth-order valence-corrected chi connectivity index (χ4v) is 4.03. The highest BCUT2D eigenvalue weighted by Gasteiger charge is 2.17. The minimum atomic E-state index is -0.247. The van der Waals surface area contributed by atoms with E-state index in [-0.39, 0.29) is 23.6 Å². The maximum absolute atomic E-state index is 12.5. The van der Waals surface area contributed by atoms with Crippen LogP contribution in [0.15, 0.2) is 35.4 Å². The maximum Gasteiger partial charge on any atom is 0.253 e. The molecule has 0 fully saturated rings. The van der Waals surface area contributed by atoms with Crippen LogP contribution in [-0.2, 0) is 17.6 Å². The molecule has 2 aromatic rings. The molecule has 3 rings (SSSR count). The Morgan fingerprint density at radius 1 is 1.24 bits per heavy atom. The quantitative estimate of drug-likeness (QED) is 0.711. The molecule has 0 bridgehead atoms. The fourth-order valence-electron chi connectivity index (χ4n) is 3.26. The second kappa shape index (κ2) is 9.57. The van der Waals surface area contributed by atoms with Crippen LogP contribution in [0.3, 0.4) is 0 Å². The summed E-state index contributed by atoms with van der Waals surface area (Å²) >= 11 is 1.25. The highest BCUT2D eigenvalue weighted by molar-refractivity contribution is 8.00. The molecule has 0 atom stereocenters. The Bertz CT molecular complexity index is 966. The first-order valence-corrected chi connectivity index (χ1v) is 10.7. The average molecular weight is 409 g/mol. The van der Waals surface area contributed by atoms with Crippen LogP contribution < -0.4 is 10.6 Å². The number of nitrogens with zero attached hydrogens (tertiary/aromatic N) is 2. The number of benzene rings is 1. The van der Waals surface area contributed by atoms with Gasteiger partial charge in [0.25, 0.3) is 5.91 Å². The Kier molecular flexibility index (Phi) is 6.89. The first kappa shape index (κ1) is 20.9. The minimum Gasteiger partial charge on any atom is -0.350 e. The second-order valence-electron chi connectivity index (χ2n) is 7.28. The van der Waals surface area contributed by atoms with Crippen LogP contribution in [0, 0.1) is 11.3 Å². The van der Waals surface area contributed by atoms with Gasteiger partial charge in [-0.1, -0.05) is 23.9 Å². The summed E-state index contributed by atoms with van der Waals surface area (Å²) in [6.07, 6.45) is 4.10. The highest BCUT2D eigenvalue weighted by Crippen LogP contribution is 2.27. The van der Waals surface area contributed by atoms with E-state index in [2.05, 4.69) is 21.7 Å². The summed E-state index contributed by atoms with van der Waals surface area (Å²) in [5.41, 5.74) is 3.58. The Morgan fingerprint density at radius 2 is 2.00 bits per heavy atom. The van der Waals surface area contributed by atoms with Crippen molar-refractivity contribution >= 4 is 29.3 Å². The normalized spacial score (nSPS) is 12.8. The van der Waals surface area contributed by atoms with Crippen molar-refractivity contribution in [3.8, 4) is 6.07 Å². The molecule has 0 unspecified atom stereocenters. The molecule has 150 valence electrons. The number of para-hydroxylation sites is 1. The van der Waals surface area contributed by atoms with Gasteiger partial charge in [-0.15, -0.1) is 0 Å². The third-order valence-corrected chi connectivity index (χ3v) is 5.58. The lowest BCUT2D eigenvalue weighted by Crippen LogP contribution is -2.31. The van der Waals surface area contributed by atoms with Crippen molar-refractivity contribution < 1.29 is 9.59 Å². The lowest BCUT2D eigenvalue weighted by Gasteiger charge is -2.16. The van der Waals surface area contributed by atoms with Crippen LogP contribution in [0.25, 0.3) is 0 Å². The Balaban J connectivity index is 1.68. The van der Waals surface area contributed by atoms with Gasteiger partial charge in [0.05, 0.1) is 22.6 Å². The topological polar surface area (TPSA) is 94.9 Å². The third kappa shape index (κ3) is 5.36. The monoisotopic (exact) mass is 408 g/mol. The zero-order valence-corrected chi connectivity index (χ0v) is 17.4. The maximum atomic E-state index is 12.5. The SMILES string of the molecule is CC(C)NC(=O)c1ccccc1NC(=O)CSc1nc2c(cc1C#N)CCCC2. The van der Waals surface area contributed by atoms with E-state index in [1.54, 1.807) is 24.3 Å². The van der Waals surface area contributed by atoms with Crippen LogP contribution in [0.5, 0.6) is 0 Å². The molecule has 0 saturated carbocycles. The second-order valence-corrected chi connectivity index (χ2v) is 8.24. The van der Waals surface area contributed by atoms with E-state index in [1.165, 1.54) is 11.8 Å². The molecule has 1 aromatic carbocycles. The number of nitriles is 1. The molecule has 2 N–H and O–H groups in total. The third-order valence-electron chi connectivity index (χ3n) is 4.59. The Morgan fingerprint density at radius 3 is 2.76 bits per heavy atom. The number of fused-ring (bicyclic) bond motifs is 1. The van der Waals surface area contributed by atoms with Crippen LogP contribution in [0.1, 0.15) is 53.9 Å². The number of rotatable bonds is 6. The number of hydrogen-bond acceptors (Lipinski definition) is 5. The van der Waals surface area contributed by atoms with E-state index in [0.717, 1.165) is 36.9 Å². The van der Waals surface area contributed by atoms with Crippen molar-refractivity contribution in [3.63, 3.8) is 0 Å². The highest BCUT2D eigenvalue weighted by atomic mass is 32.2. The Hall–Kier alpha value is -2.85. The summed E-state index contributed by atoms with van der Waals surface area (Å²) < 4.78 is 0. The lowest BCUT2D eigenvalue weighted by molar-refractivity contribution is -0.113. The van der Waals surface area contributed by atoms with Gasteiger partial charge in [-0.2, -0.15) is 5.26 Å². The molecule has 2 amide bonds. The number of nitrogens with one attached hydrogen (secondary N) is 2. The molecule has 0 saturated heterocycles. The molecule has 0 spiro atoms. The van der Waals surface area contributed by atoms with Crippen LogP contribution in [0.4, 0.5) is 5.69 Å². The number of amides is 2. The largest absolute Gasteiger partial charge is 0.350 e. The molecule has 1 aliphatic rings. The Labute approximate surface area is 175 Å². The van der Waals surface area contributed by atoms with Crippen LogP contribution in [0.2, 0.25) is 0 Å². The van der Waals surface area contributed by atoms with E-state index in [9.17, 15) is 14.9 Å². The standard InChI is InChI=1S/C22H24N4O2S/c1-14(2)24-21(28)17-8-4-6-10-19(17)25-20(27)13-29-22-16(12-23)11-15-7-3-5-9-18(15)26-22/h4,6,8,10-11,14H,3,5,7,9,13H2,1-2H3,(H,24,28)(H,25,27). The number of aromatic nitrogens is 1. The van der Waals surface area contributed by atoms with E-state index in [0.29, 0.717) is 21.8 Å². The molecule has 29 heavy (non-hydrogen) atoms. The van der Waals surface area contributed by atoms with Crippen molar-refractivity contribution in [2.75, 3.05) is 11.1 Å². The molecule has 1 heterocycles. The van der Waals surface area contributed by atoms with Gasteiger partial charge in [-0.25, -0.2) is 4.98 Å². The van der Waals surface area contributed by atoms with Gasteiger partial charge >= 0.3 is 0 Å². The number of anilines is 1. The van der Waals surface area contributed by atoms with Crippen molar-refractivity contribution in [2.24, 2.45) is 0 Å². The summed E-state index contributed by atoms with van der Waals surface area (Å²) in [5, 5.41) is 15.7. The van der Waals surface area contributed by atoms with E-state index in [4.69, 9.17) is 0 Å². The molecular weight excluding hydrogens is 384 g/mol. The van der Waals surface area contributed by atoms with Gasteiger partial charge in [0.1, 0.15) is 11.1 Å². The minimum absolute atomic E-state index is 0.00120. The lowest BCUT2D eigenvalue weighted by atomic mass is 9.95. The predicted molar refractivity (Wildman–Crippen MR) is 114 cm³/mol. The number of aryl methyl sites for hydroxylation is 2. The fraction of sp³-hybridized carbons (Fsp3) is 0.364. The molecule has 7 heteroatoms. The van der Waals surface area contributed by atoms with Crippen LogP contribution >= 0.6 is 11.8 Å². The molecule has 6 nitrogen and oxygen atoms in total. The summed E-state index contributed by atoms with van der Waals surface area (Å²) in [7, 11) is 0. The molecular formula is C22H24N4O2S. The molecule has 0 radical (unpaired) electrons. The van der Waals surface area contributed by atoms with Crippen molar-refractivity contribution in [1.29, 1.82) is 5.26 Å². The van der Waals surface area contributed by atoms with Gasteiger partial charge in [-0.3, -0.25) is 9.59 Å². The van der Waals surface area contributed by atoms with Gasteiger partial charge in [0, 0.05) is 11.7 Å². The number of pyridine rings is 1. The summed E-state index contributed by atoms with van der Waals surface area (Å²) in [5.74, 6) is -0.365. The summed E-state index contributed by atoms with van der Waals surface area (Å²) in [6.45, 7) is 3.77. The number of carbonyl (C=O) groups excluding carboxylic acids is 2. The zero-order valence-electron chi connectivity index (χ0n) is 16.6. The van der Waals surface area contributed by atoms with E-state index < -0.39 is 0 Å². The van der Waals surface area contributed by atoms with Crippen LogP contribution in [-0.4, -0.2) is 28.6 Å². The van der Waals surface area contributed by atoms with Crippen molar-refractivity contribution in [2.45, 2.75) is 50.6 Å². The molecule has 1 aliphatic carbocycles. The first-order chi connectivity index (χ1) is 14.0. The number of carbonyl (C=O) groups is 2. The van der Waals surface area contributed by atoms with Gasteiger partial charge in [-0.05, 0) is 63.3 Å². The van der Waals surface area contributed by atoms with Gasteiger partial charge < -0.3 is 10.6 Å². The first-order valence-electron chi connectivity index (χ1n) is 9.73. The van der Waals surface area contributed by atoms with E-state index in [1.807, 2.05) is 19.9 Å². The van der Waals surface area contributed by atoms with Gasteiger partial charge in [0.15, 0.2) is 0 Å². The summed E-state index contributed by atoms with van der Waals surface area (Å²) in [6, 6.07) is 11.0.